The highest BCUT2D eigenvalue weighted by Gasteiger charge is 2.51. The quantitative estimate of drug-likeness (QED) is 0.723. The van der Waals surface area contributed by atoms with E-state index < -0.39 is 24.5 Å². The molecule has 3 N–H and O–H groups in total. The first-order chi connectivity index (χ1) is 10.6. The largest absolute Gasteiger partial charge is 0.388 e. The van der Waals surface area contributed by atoms with Gasteiger partial charge in [-0.1, -0.05) is 6.92 Å². The number of amides is 2. The highest BCUT2D eigenvalue weighted by molar-refractivity contribution is 5.74. The van der Waals surface area contributed by atoms with Crippen LogP contribution in [-0.4, -0.2) is 58.4 Å². The van der Waals surface area contributed by atoms with Gasteiger partial charge in [0.25, 0.3) is 0 Å². The predicted molar refractivity (Wildman–Crippen MR) is 77.2 cm³/mol. The highest BCUT2D eigenvalue weighted by atomic mass is 16.7. The van der Waals surface area contributed by atoms with E-state index in [0.717, 1.165) is 12.2 Å². The molecule has 8 heteroatoms. The molecule has 3 heterocycles. The van der Waals surface area contributed by atoms with Crippen LogP contribution in [0.15, 0.2) is 12.4 Å². The number of imidazole rings is 1. The molecule has 0 unspecified atom stereocenters. The van der Waals surface area contributed by atoms with Crippen molar-refractivity contribution >= 4 is 6.03 Å². The van der Waals surface area contributed by atoms with Crippen LogP contribution in [0.2, 0.25) is 0 Å². The lowest BCUT2D eigenvalue weighted by Crippen LogP contribution is -2.60. The molecule has 8 nitrogen and oxygen atoms in total. The van der Waals surface area contributed by atoms with Crippen LogP contribution in [-0.2, 0) is 9.47 Å². The van der Waals surface area contributed by atoms with E-state index in [1.54, 1.807) is 12.4 Å². The van der Waals surface area contributed by atoms with Crippen molar-refractivity contribution in [3.63, 3.8) is 0 Å². The maximum atomic E-state index is 11.9. The van der Waals surface area contributed by atoms with Gasteiger partial charge >= 0.3 is 6.03 Å². The van der Waals surface area contributed by atoms with Gasteiger partial charge in [0.2, 0.25) is 0 Å². The Morgan fingerprint density at radius 1 is 1.59 bits per heavy atom. The van der Waals surface area contributed by atoms with Crippen molar-refractivity contribution in [2.24, 2.45) is 0 Å². The van der Waals surface area contributed by atoms with E-state index in [9.17, 15) is 9.90 Å². The van der Waals surface area contributed by atoms with Gasteiger partial charge in [-0.2, -0.15) is 0 Å². The number of rotatable bonds is 4. The molecule has 2 aliphatic rings. The monoisotopic (exact) mass is 310 g/mol. The SMILES string of the molecule is CCCNC(=O)N[C@H]1[C@H](O)[C@@H](n2ccnc2C)[C@@H]2OC[C@H]1O2. The number of ether oxygens (including phenoxy) is 2. The topological polar surface area (TPSA) is 97.6 Å². The minimum absolute atomic E-state index is 0.305. The van der Waals surface area contributed by atoms with Crippen LogP contribution < -0.4 is 10.6 Å². The van der Waals surface area contributed by atoms with E-state index in [1.165, 1.54) is 0 Å². The third-order valence-electron chi connectivity index (χ3n) is 4.15. The number of aryl methyl sites for hydroxylation is 1. The summed E-state index contributed by atoms with van der Waals surface area (Å²) in [7, 11) is 0. The van der Waals surface area contributed by atoms with Crippen molar-refractivity contribution in [3.8, 4) is 0 Å². The summed E-state index contributed by atoms with van der Waals surface area (Å²) in [5.74, 6) is 0.760. The van der Waals surface area contributed by atoms with Crippen LogP contribution in [0.3, 0.4) is 0 Å². The lowest BCUT2D eigenvalue weighted by atomic mass is 9.96. The number of nitrogens with one attached hydrogen (secondary N) is 2. The number of aliphatic hydroxyl groups is 1. The summed E-state index contributed by atoms with van der Waals surface area (Å²) in [5.41, 5.74) is 0. The predicted octanol–water partition coefficient (Wildman–Crippen LogP) is -0.0736. The average molecular weight is 310 g/mol. The molecule has 1 aromatic rings. The maximum absolute atomic E-state index is 11.9. The fourth-order valence-corrected chi connectivity index (χ4v) is 3.02. The summed E-state index contributed by atoms with van der Waals surface area (Å²) in [6, 6.07) is -1.26. The molecule has 3 rings (SSSR count). The molecule has 22 heavy (non-hydrogen) atoms. The van der Waals surface area contributed by atoms with Gasteiger partial charge in [0, 0.05) is 18.9 Å². The Labute approximate surface area is 128 Å². The number of carbonyl (C=O) groups is 1. The number of fused-ring (bicyclic) bond motifs is 2. The second-order valence-corrected chi connectivity index (χ2v) is 5.67. The Hall–Kier alpha value is -1.64. The summed E-state index contributed by atoms with van der Waals surface area (Å²) >= 11 is 0. The van der Waals surface area contributed by atoms with E-state index in [-0.39, 0.29) is 12.1 Å². The van der Waals surface area contributed by atoms with Gasteiger partial charge in [0.15, 0.2) is 6.29 Å². The second-order valence-electron chi connectivity index (χ2n) is 5.67. The first-order valence-electron chi connectivity index (χ1n) is 7.60. The molecule has 2 amide bonds. The molecule has 2 fully saturated rings. The van der Waals surface area contributed by atoms with Crippen molar-refractivity contribution in [2.75, 3.05) is 13.2 Å². The molecule has 2 bridgehead atoms. The third kappa shape index (κ3) is 2.69. The number of carbonyl (C=O) groups excluding carboxylic acids is 1. The van der Waals surface area contributed by atoms with Crippen molar-refractivity contribution in [1.82, 2.24) is 20.2 Å². The van der Waals surface area contributed by atoms with E-state index in [2.05, 4.69) is 15.6 Å². The summed E-state index contributed by atoms with van der Waals surface area (Å²) < 4.78 is 13.3. The molecule has 5 atom stereocenters. The van der Waals surface area contributed by atoms with Crippen LogP contribution in [0.1, 0.15) is 25.2 Å². The van der Waals surface area contributed by atoms with Gasteiger partial charge in [-0.25, -0.2) is 9.78 Å². The van der Waals surface area contributed by atoms with Crippen molar-refractivity contribution in [2.45, 2.75) is 50.8 Å². The number of hydrogen-bond acceptors (Lipinski definition) is 5. The highest BCUT2D eigenvalue weighted by Crippen LogP contribution is 2.36. The number of hydrogen-bond donors (Lipinski definition) is 3. The molecule has 0 spiro atoms. The lowest BCUT2D eigenvalue weighted by Gasteiger charge is -2.39. The van der Waals surface area contributed by atoms with Gasteiger partial charge < -0.3 is 29.8 Å². The van der Waals surface area contributed by atoms with Crippen molar-refractivity contribution in [1.29, 1.82) is 0 Å². The number of aliphatic hydroxyl groups excluding tert-OH is 1. The number of urea groups is 1. The molecule has 2 saturated heterocycles. The molecule has 1 aromatic heterocycles. The Bertz CT molecular complexity index is 535. The van der Waals surface area contributed by atoms with Gasteiger partial charge in [0.1, 0.15) is 24.1 Å². The molecule has 0 saturated carbocycles. The van der Waals surface area contributed by atoms with E-state index >= 15 is 0 Å². The standard InChI is InChI=1S/C14H22N4O4/c1-3-4-16-14(20)17-10-9-7-21-13(22-9)11(12(10)19)18-6-5-15-8(18)2/h5-6,9-13,19H,3-4,7H2,1-2H3,(H2,16,17,20)/t9-,10-,11-,12+,13-/m1/s1. The Kier molecular flexibility index (Phi) is 4.32. The zero-order valence-corrected chi connectivity index (χ0v) is 12.7. The smallest absolute Gasteiger partial charge is 0.315 e. The van der Waals surface area contributed by atoms with Crippen LogP contribution in [0.25, 0.3) is 0 Å². The summed E-state index contributed by atoms with van der Waals surface area (Å²) in [4.78, 5) is 16.1. The zero-order valence-electron chi connectivity index (χ0n) is 12.7. The Morgan fingerprint density at radius 2 is 2.41 bits per heavy atom. The van der Waals surface area contributed by atoms with E-state index in [1.807, 2.05) is 18.4 Å². The van der Waals surface area contributed by atoms with E-state index in [4.69, 9.17) is 9.47 Å². The number of nitrogens with zero attached hydrogens (tertiary/aromatic N) is 2. The molecule has 0 aliphatic carbocycles. The maximum Gasteiger partial charge on any atom is 0.315 e. The van der Waals surface area contributed by atoms with Gasteiger partial charge in [-0.05, 0) is 13.3 Å². The Morgan fingerprint density at radius 3 is 3.09 bits per heavy atom. The number of aromatic nitrogens is 2. The minimum atomic E-state index is -0.813. The van der Waals surface area contributed by atoms with Crippen LogP contribution >= 0.6 is 0 Å². The van der Waals surface area contributed by atoms with Crippen LogP contribution in [0.4, 0.5) is 4.79 Å². The fourth-order valence-electron chi connectivity index (χ4n) is 3.02. The van der Waals surface area contributed by atoms with Crippen molar-refractivity contribution in [3.05, 3.63) is 18.2 Å². The van der Waals surface area contributed by atoms with Gasteiger partial charge in [-0.3, -0.25) is 0 Å². The summed E-state index contributed by atoms with van der Waals surface area (Å²) in [5, 5.41) is 16.3. The molecule has 122 valence electrons. The molecule has 2 aliphatic heterocycles. The van der Waals surface area contributed by atoms with Crippen LogP contribution in [0, 0.1) is 6.92 Å². The second kappa shape index (κ2) is 6.23. The summed E-state index contributed by atoms with van der Waals surface area (Å²) in [6.07, 6.45) is 2.62. The first-order valence-corrected chi connectivity index (χ1v) is 7.60. The van der Waals surface area contributed by atoms with Crippen LogP contribution in [0.5, 0.6) is 0 Å². The van der Waals surface area contributed by atoms with Gasteiger partial charge in [0.05, 0.1) is 12.6 Å². The van der Waals surface area contributed by atoms with E-state index in [0.29, 0.717) is 13.2 Å². The Balaban J connectivity index is 1.76. The minimum Gasteiger partial charge on any atom is -0.388 e. The summed E-state index contributed by atoms with van der Waals surface area (Å²) in [6.45, 7) is 4.77. The molecule has 0 aromatic carbocycles. The fraction of sp³-hybridized carbons (Fsp3) is 0.714. The average Bonchev–Trinajstić information content (AvgIpc) is 3.10. The zero-order chi connectivity index (χ0) is 15.7. The molecular weight excluding hydrogens is 288 g/mol. The lowest BCUT2D eigenvalue weighted by molar-refractivity contribution is -0.164. The molecular formula is C14H22N4O4. The normalized spacial score (nSPS) is 33.7. The van der Waals surface area contributed by atoms with Crippen molar-refractivity contribution < 1.29 is 19.4 Å². The first kappa shape index (κ1) is 15.3. The van der Waals surface area contributed by atoms with Gasteiger partial charge in [-0.15, -0.1) is 0 Å². The molecule has 0 radical (unpaired) electrons. The third-order valence-corrected chi connectivity index (χ3v) is 4.15.